The number of rotatable bonds is 3. The van der Waals surface area contributed by atoms with Gasteiger partial charge in [-0.05, 0) is 35.9 Å². The Hall–Kier alpha value is -1.94. The third kappa shape index (κ3) is 3.28. The first-order valence-corrected chi connectivity index (χ1v) is 5.52. The molecule has 0 aliphatic heterocycles. The number of anilines is 1. The molecule has 2 aromatic rings. The first-order valence-electron chi connectivity index (χ1n) is 5.15. The monoisotopic (exact) mass is 266 g/mol. The van der Waals surface area contributed by atoms with Crippen molar-refractivity contribution in [3.05, 3.63) is 64.7 Å². The van der Waals surface area contributed by atoms with Crippen LogP contribution in [0.3, 0.4) is 0 Å². The summed E-state index contributed by atoms with van der Waals surface area (Å²) < 4.78 is 25.6. The minimum absolute atomic E-state index is 0.462. The number of benzene rings is 2. The zero-order valence-electron chi connectivity index (χ0n) is 9.20. The Morgan fingerprint density at radius 3 is 2.61 bits per heavy atom. The second kappa shape index (κ2) is 5.60. The highest BCUT2D eigenvalue weighted by atomic mass is 35.5. The summed E-state index contributed by atoms with van der Waals surface area (Å²) >= 11 is 5.80. The van der Waals surface area contributed by atoms with Crippen molar-refractivity contribution < 1.29 is 8.78 Å². The van der Waals surface area contributed by atoms with Crippen LogP contribution in [0.15, 0.2) is 47.6 Å². The van der Waals surface area contributed by atoms with E-state index >= 15 is 0 Å². The minimum Gasteiger partial charge on any atom is -0.278 e. The Bertz CT molecular complexity index is 585. The van der Waals surface area contributed by atoms with Crippen molar-refractivity contribution in [3.8, 4) is 0 Å². The van der Waals surface area contributed by atoms with Gasteiger partial charge in [-0.2, -0.15) is 5.10 Å². The molecule has 2 rings (SSSR count). The van der Waals surface area contributed by atoms with E-state index in [2.05, 4.69) is 10.5 Å². The van der Waals surface area contributed by atoms with E-state index in [0.29, 0.717) is 16.3 Å². The largest absolute Gasteiger partial charge is 0.278 e. The van der Waals surface area contributed by atoms with Gasteiger partial charge in [-0.15, -0.1) is 0 Å². The molecule has 5 heteroatoms. The highest BCUT2D eigenvalue weighted by Crippen LogP contribution is 2.14. The van der Waals surface area contributed by atoms with E-state index in [0.717, 1.165) is 12.1 Å². The third-order valence-corrected chi connectivity index (χ3v) is 2.41. The van der Waals surface area contributed by atoms with Gasteiger partial charge in [0, 0.05) is 5.02 Å². The second-order valence-corrected chi connectivity index (χ2v) is 3.99. The van der Waals surface area contributed by atoms with Crippen LogP contribution >= 0.6 is 11.6 Å². The highest BCUT2D eigenvalue weighted by molar-refractivity contribution is 6.30. The maximum atomic E-state index is 12.9. The Morgan fingerprint density at radius 1 is 1.06 bits per heavy atom. The Balaban J connectivity index is 2.05. The first-order chi connectivity index (χ1) is 8.65. The summed E-state index contributed by atoms with van der Waals surface area (Å²) in [5.74, 6) is -1.78. The summed E-state index contributed by atoms with van der Waals surface area (Å²) in [6, 6.07) is 10.6. The summed E-state index contributed by atoms with van der Waals surface area (Å²) in [6.45, 7) is 0. The summed E-state index contributed by atoms with van der Waals surface area (Å²) in [6.07, 6.45) is 1.39. The van der Waals surface area contributed by atoms with Crippen LogP contribution in [0.2, 0.25) is 5.02 Å². The molecular formula is C13H9ClF2N2. The van der Waals surface area contributed by atoms with Crippen molar-refractivity contribution >= 4 is 23.5 Å². The Kier molecular flexibility index (Phi) is 3.89. The van der Waals surface area contributed by atoms with E-state index in [1.807, 2.05) is 0 Å². The molecule has 0 saturated heterocycles. The SMILES string of the molecule is Fc1ccc(/C=N/Nc2cccc(Cl)c2)cc1F. The van der Waals surface area contributed by atoms with Crippen LogP contribution in [0.25, 0.3) is 0 Å². The van der Waals surface area contributed by atoms with Crippen molar-refractivity contribution in [2.24, 2.45) is 5.10 Å². The van der Waals surface area contributed by atoms with E-state index in [-0.39, 0.29) is 0 Å². The molecule has 0 atom stereocenters. The summed E-state index contributed by atoms with van der Waals surface area (Å²) in [5.41, 5.74) is 3.91. The van der Waals surface area contributed by atoms with Gasteiger partial charge in [0.15, 0.2) is 11.6 Å². The molecule has 1 N–H and O–H groups in total. The fraction of sp³-hybridized carbons (Fsp3) is 0. The molecule has 2 aromatic carbocycles. The maximum absolute atomic E-state index is 12.9. The predicted molar refractivity (Wildman–Crippen MR) is 69.0 cm³/mol. The smallest absolute Gasteiger partial charge is 0.159 e. The predicted octanol–water partition coefficient (Wildman–Crippen LogP) is 4.06. The van der Waals surface area contributed by atoms with Gasteiger partial charge in [0.1, 0.15) is 0 Å². The van der Waals surface area contributed by atoms with E-state index in [1.54, 1.807) is 24.3 Å². The second-order valence-electron chi connectivity index (χ2n) is 3.55. The average Bonchev–Trinajstić information content (AvgIpc) is 2.34. The van der Waals surface area contributed by atoms with Crippen LogP contribution in [0.1, 0.15) is 5.56 Å². The van der Waals surface area contributed by atoms with Gasteiger partial charge in [-0.3, -0.25) is 5.43 Å². The lowest BCUT2D eigenvalue weighted by molar-refractivity contribution is 0.508. The Morgan fingerprint density at radius 2 is 1.89 bits per heavy atom. The van der Waals surface area contributed by atoms with Crippen molar-refractivity contribution in [1.82, 2.24) is 0 Å². The molecule has 0 aliphatic carbocycles. The molecule has 92 valence electrons. The standard InChI is InChI=1S/C13H9ClF2N2/c14-10-2-1-3-11(7-10)18-17-8-9-4-5-12(15)13(16)6-9/h1-8,18H/b17-8+. The topological polar surface area (TPSA) is 24.4 Å². The molecule has 0 fully saturated rings. The molecule has 0 spiro atoms. The van der Waals surface area contributed by atoms with Gasteiger partial charge in [0.25, 0.3) is 0 Å². The molecule has 0 bridgehead atoms. The lowest BCUT2D eigenvalue weighted by Crippen LogP contribution is -1.92. The van der Waals surface area contributed by atoms with Gasteiger partial charge in [0.2, 0.25) is 0 Å². The lowest BCUT2D eigenvalue weighted by Gasteiger charge is -2.00. The molecular weight excluding hydrogens is 258 g/mol. The summed E-state index contributed by atoms with van der Waals surface area (Å²) in [7, 11) is 0. The van der Waals surface area contributed by atoms with Crippen LogP contribution in [0.5, 0.6) is 0 Å². The van der Waals surface area contributed by atoms with Gasteiger partial charge < -0.3 is 0 Å². The molecule has 0 aromatic heterocycles. The number of nitrogens with one attached hydrogen (secondary N) is 1. The van der Waals surface area contributed by atoms with Crippen molar-refractivity contribution in [1.29, 1.82) is 0 Å². The molecule has 0 aliphatic rings. The number of hydrazone groups is 1. The van der Waals surface area contributed by atoms with Crippen LogP contribution in [-0.2, 0) is 0 Å². The van der Waals surface area contributed by atoms with E-state index in [9.17, 15) is 8.78 Å². The van der Waals surface area contributed by atoms with E-state index in [4.69, 9.17) is 11.6 Å². The van der Waals surface area contributed by atoms with Crippen molar-refractivity contribution in [2.75, 3.05) is 5.43 Å². The van der Waals surface area contributed by atoms with Crippen LogP contribution < -0.4 is 5.43 Å². The van der Waals surface area contributed by atoms with E-state index < -0.39 is 11.6 Å². The first kappa shape index (κ1) is 12.5. The highest BCUT2D eigenvalue weighted by Gasteiger charge is 2.00. The van der Waals surface area contributed by atoms with Crippen LogP contribution in [0.4, 0.5) is 14.5 Å². The molecule has 0 heterocycles. The zero-order valence-corrected chi connectivity index (χ0v) is 9.96. The number of halogens is 3. The minimum atomic E-state index is -0.901. The van der Waals surface area contributed by atoms with Crippen LogP contribution in [0, 0.1) is 11.6 Å². The normalized spacial score (nSPS) is 10.8. The van der Waals surface area contributed by atoms with Crippen LogP contribution in [-0.4, -0.2) is 6.21 Å². The maximum Gasteiger partial charge on any atom is 0.159 e. The van der Waals surface area contributed by atoms with Gasteiger partial charge >= 0.3 is 0 Å². The Labute approximate surface area is 108 Å². The molecule has 18 heavy (non-hydrogen) atoms. The fourth-order valence-electron chi connectivity index (χ4n) is 1.33. The third-order valence-electron chi connectivity index (χ3n) is 2.18. The fourth-order valence-corrected chi connectivity index (χ4v) is 1.52. The zero-order chi connectivity index (χ0) is 13.0. The van der Waals surface area contributed by atoms with Gasteiger partial charge in [-0.25, -0.2) is 8.78 Å². The van der Waals surface area contributed by atoms with Crippen molar-refractivity contribution in [2.45, 2.75) is 0 Å². The number of nitrogens with zero attached hydrogens (tertiary/aromatic N) is 1. The summed E-state index contributed by atoms with van der Waals surface area (Å²) in [4.78, 5) is 0. The van der Waals surface area contributed by atoms with Gasteiger partial charge in [-0.1, -0.05) is 23.7 Å². The molecule has 2 nitrogen and oxygen atoms in total. The quantitative estimate of drug-likeness (QED) is 0.657. The number of hydrogen-bond acceptors (Lipinski definition) is 2. The van der Waals surface area contributed by atoms with E-state index in [1.165, 1.54) is 12.3 Å². The van der Waals surface area contributed by atoms with Crippen molar-refractivity contribution in [3.63, 3.8) is 0 Å². The molecule has 0 amide bonds. The average molecular weight is 267 g/mol. The molecule has 0 saturated carbocycles. The number of hydrogen-bond donors (Lipinski definition) is 1. The lowest BCUT2D eigenvalue weighted by atomic mass is 10.2. The molecule has 0 unspecified atom stereocenters. The molecule has 0 radical (unpaired) electrons. The summed E-state index contributed by atoms with van der Waals surface area (Å²) in [5, 5.41) is 4.49. The van der Waals surface area contributed by atoms with Gasteiger partial charge in [0.05, 0.1) is 11.9 Å².